The molecule has 0 aliphatic heterocycles. The summed E-state index contributed by atoms with van der Waals surface area (Å²) in [6.45, 7) is 1.61. The Bertz CT molecular complexity index is 452. The molecule has 1 fully saturated rings. The van der Waals surface area contributed by atoms with E-state index in [1.807, 2.05) is 10.8 Å². The largest absolute Gasteiger partial charge is 0.392 e. The summed E-state index contributed by atoms with van der Waals surface area (Å²) in [7, 11) is 0. The summed E-state index contributed by atoms with van der Waals surface area (Å²) in [5, 5.41) is 3.00. The van der Waals surface area contributed by atoms with E-state index in [9.17, 15) is 4.79 Å². The zero-order valence-electron chi connectivity index (χ0n) is 11.7. The molecule has 1 aliphatic rings. The van der Waals surface area contributed by atoms with Crippen LogP contribution < -0.4 is 11.1 Å². The molecule has 20 heavy (non-hydrogen) atoms. The Kier molecular flexibility index (Phi) is 5.11. The zero-order valence-corrected chi connectivity index (χ0v) is 12.5. The number of hydrogen-bond acceptors (Lipinski definition) is 3. The zero-order chi connectivity index (χ0) is 14.4. The topological polar surface area (TPSA) is 72.9 Å². The normalized spacial score (nSPS) is 17.0. The fourth-order valence-electron chi connectivity index (χ4n) is 2.77. The van der Waals surface area contributed by atoms with E-state index in [1.165, 1.54) is 0 Å². The van der Waals surface area contributed by atoms with Gasteiger partial charge in [0.05, 0.1) is 16.7 Å². The van der Waals surface area contributed by atoms with Crippen LogP contribution in [0.2, 0.25) is 0 Å². The summed E-state index contributed by atoms with van der Waals surface area (Å²) in [4.78, 5) is 16.7. The quantitative estimate of drug-likeness (QED) is 0.592. The van der Waals surface area contributed by atoms with Gasteiger partial charge in [0.25, 0.3) is 0 Å². The van der Waals surface area contributed by atoms with Gasteiger partial charge in [0.15, 0.2) is 0 Å². The molecular formula is C14H22N4OS. The molecule has 0 bridgehead atoms. The fraction of sp³-hybridized carbons (Fsp3) is 0.643. The lowest BCUT2D eigenvalue weighted by Crippen LogP contribution is -2.47. The highest BCUT2D eigenvalue weighted by molar-refractivity contribution is 7.80. The van der Waals surface area contributed by atoms with Gasteiger partial charge in [-0.2, -0.15) is 0 Å². The molecule has 0 unspecified atom stereocenters. The van der Waals surface area contributed by atoms with Crippen LogP contribution in [-0.4, -0.2) is 27.0 Å². The highest BCUT2D eigenvalue weighted by atomic mass is 32.1. The van der Waals surface area contributed by atoms with E-state index < -0.39 is 5.41 Å². The molecule has 1 saturated carbocycles. The van der Waals surface area contributed by atoms with E-state index in [4.69, 9.17) is 18.0 Å². The van der Waals surface area contributed by atoms with Gasteiger partial charge in [-0.25, -0.2) is 4.98 Å². The third-order valence-corrected chi connectivity index (χ3v) is 4.44. The summed E-state index contributed by atoms with van der Waals surface area (Å²) >= 11 is 5.11. The van der Waals surface area contributed by atoms with Crippen molar-refractivity contribution in [2.75, 3.05) is 6.54 Å². The lowest BCUT2D eigenvalue weighted by atomic mass is 9.85. The molecule has 0 atom stereocenters. The van der Waals surface area contributed by atoms with Gasteiger partial charge in [0.1, 0.15) is 0 Å². The summed E-state index contributed by atoms with van der Waals surface area (Å²) in [5.74, 6) is 0.0186. The molecule has 6 heteroatoms. The van der Waals surface area contributed by atoms with Gasteiger partial charge in [-0.05, 0) is 25.7 Å². The molecular weight excluding hydrogens is 272 g/mol. The number of nitrogens with one attached hydrogen (secondary N) is 1. The van der Waals surface area contributed by atoms with Crippen LogP contribution >= 0.6 is 12.2 Å². The predicted octanol–water partition coefficient (Wildman–Crippen LogP) is 1.63. The van der Waals surface area contributed by atoms with E-state index in [2.05, 4.69) is 10.3 Å². The smallest absolute Gasteiger partial charge is 0.233 e. The molecule has 1 amide bonds. The van der Waals surface area contributed by atoms with Gasteiger partial charge in [-0.1, -0.05) is 25.1 Å². The second-order valence-electron chi connectivity index (χ2n) is 5.42. The first-order chi connectivity index (χ1) is 9.65. The molecule has 5 nitrogen and oxygen atoms in total. The summed E-state index contributed by atoms with van der Waals surface area (Å²) in [6.07, 6.45) is 11.1. The van der Waals surface area contributed by atoms with Crippen LogP contribution in [0.1, 0.15) is 38.5 Å². The van der Waals surface area contributed by atoms with E-state index in [0.717, 1.165) is 45.1 Å². The van der Waals surface area contributed by atoms with Crippen LogP contribution in [-0.2, 0) is 11.3 Å². The average Bonchev–Trinajstić information content (AvgIpc) is 3.10. The number of carbonyl (C=O) groups is 1. The molecule has 0 spiro atoms. The maximum absolute atomic E-state index is 12.3. The Labute approximate surface area is 124 Å². The number of unbranched alkanes of at least 4 members (excludes halogenated alkanes) is 1. The summed E-state index contributed by atoms with van der Waals surface area (Å²) in [5.41, 5.74) is 5.20. The number of amides is 1. The van der Waals surface area contributed by atoms with E-state index in [0.29, 0.717) is 11.5 Å². The fourth-order valence-corrected chi connectivity index (χ4v) is 3.07. The molecule has 1 heterocycles. The molecule has 2 rings (SSSR count). The minimum absolute atomic E-state index is 0.0186. The van der Waals surface area contributed by atoms with Crippen LogP contribution in [0.4, 0.5) is 0 Å². The lowest BCUT2D eigenvalue weighted by molar-refractivity contribution is -0.127. The number of hydrogen-bond donors (Lipinski definition) is 2. The number of nitrogens with two attached hydrogens (primary N) is 1. The van der Waals surface area contributed by atoms with Gasteiger partial charge in [-0.3, -0.25) is 4.79 Å². The van der Waals surface area contributed by atoms with Crippen LogP contribution in [0, 0.1) is 5.41 Å². The average molecular weight is 294 g/mol. The summed E-state index contributed by atoms with van der Waals surface area (Å²) < 4.78 is 2.04. The van der Waals surface area contributed by atoms with Crippen molar-refractivity contribution in [2.24, 2.45) is 11.1 Å². The van der Waals surface area contributed by atoms with Crippen LogP contribution in [0.5, 0.6) is 0 Å². The molecule has 3 N–H and O–H groups in total. The highest BCUT2D eigenvalue weighted by Gasteiger charge is 2.43. The van der Waals surface area contributed by atoms with E-state index >= 15 is 0 Å². The van der Waals surface area contributed by atoms with E-state index in [1.54, 1.807) is 12.5 Å². The number of rotatable bonds is 7. The SMILES string of the molecule is NC(=S)C1(C(=O)NCCCCn2ccnc2)CCCC1. The van der Waals surface area contributed by atoms with Gasteiger partial charge >= 0.3 is 0 Å². The molecule has 0 radical (unpaired) electrons. The Morgan fingerprint density at radius 1 is 1.40 bits per heavy atom. The molecule has 1 aromatic heterocycles. The predicted molar refractivity (Wildman–Crippen MR) is 82.2 cm³/mol. The first-order valence-electron chi connectivity index (χ1n) is 7.19. The third kappa shape index (κ3) is 3.36. The lowest BCUT2D eigenvalue weighted by Gasteiger charge is -2.26. The Morgan fingerprint density at radius 2 is 2.15 bits per heavy atom. The number of aryl methyl sites for hydroxylation is 1. The van der Waals surface area contributed by atoms with E-state index in [-0.39, 0.29) is 5.91 Å². The number of nitrogens with zero attached hydrogens (tertiary/aromatic N) is 2. The second kappa shape index (κ2) is 6.83. The van der Waals surface area contributed by atoms with Gasteiger partial charge in [0.2, 0.25) is 5.91 Å². The number of carbonyl (C=O) groups excluding carboxylic acids is 1. The Morgan fingerprint density at radius 3 is 2.75 bits per heavy atom. The first kappa shape index (κ1) is 15.0. The van der Waals surface area contributed by atoms with Crippen molar-refractivity contribution in [2.45, 2.75) is 45.1 Å². The number of imidazole rings is 1. The molecule has 1 aromatic rings. The molecule has 0 saturated heterocycles. The number of aromatic nitrogens is 2. The molecule has 0 aromatic carbocycles. The maximum atomic E-state index is 12.3. The van der Waals surface area contributed by atoms with Crippen LogP contribution in [0.15, 0.2) is 18.7 Å². The van der Waals surface area contributed by atoms with Crippen molar-refractivity contribution < 1.29 is 4.79 Å². The standard InChI is InChI=1S/C14H22N4OS/c15-12(20)14(5-1-2-6-14)13(19)17-7-3-4-9-18-10-8-16-11-18/h8,10-11H,1-7,9H2,(H2,15,20)(H,17,19). The summed E-state index contributed by atoms with van der Waals surface area (Å²) in [6, 6.07) is 0. The van der Waals surface area contributed by atoms with Gasteiger partial charge in [0, 0.05) is 25.5 Å². The van der Waals surface area contributed by atoms with Crippen LogP contribution in [0.3, 0.4) is 0 Å². The van der Waals surface area contributed by atoms with Crippen molar-refractivity contribution >= 4 is 23.1 Å². The monoisotopic (exact) mass is 294 g/mol. The van der Waals surface area contributed by atoms with Crippen molar-refractivity contribution in [3.8, 4) is 0 Å². The number of thiocarbonyl (C=S) groups is 1. The molecule has 1 aliphatic carbocycles. The van der Waals surface area contributed by atoms with Gasteiger partial charge in [-0.15, -0.1) is 0 Å². The highest BCUT2D eigenvalue weighted by Crippen LogP contribution is 2.38. The van der Waals surface area contributed by atoms with Crippen molar-refractivity contribution in [1.82, 2.24) is 14.9 Å². The van der Waals surface area contributed by atoms with Crippen molar-refractivity contribution in [3.63, 3.8) is 0 Å². The third-order valence-electron chi connectivity index (χ3n) is 4.05. The minimum Gasteiger partial charge on any atom is -0.392 e. The Balaban J connectivity index is 1.70. The van der Waals surface area contributed by atoms with Gasteiger partial charge < -0.3 is 15.6 Å². The second-order valence-corrected chi connectivity index (χ2v) is 5.86. The first-order valence-corrected chi connectivity index (χ1v) is 7.60. The molecule has 110 valence electrons. The van der Waals surface area contributed by atoms with Crippen molar-refractivity contribution in [3.05, 3.63) is 18.7 Å². The van der Waals surface area contributed by atoms with Crippen molar-refractivity contribution in [1.29, 1.82) is 0 Å². The van der Waals surface area contributed by atoms with Crippen LogP contribution in [0.25, 0.3) is 0 Å². The minimum atomic E-state index is -0.584. The maximum Gasteiger partial charge on any atom is 0.233 e. The Hall–Kier alpha value is -1.43.